The molecule has 1 rings (SSSR count). The SMILES string of the molecule is Cc1ccc(NC(=O)CC(C)C)c(NC(=O)CC(C)C)c1. The van der Waals surface area contributed by atoms with Crippen molar-refractivity contribution in [3.05, 3.63) is 23.8 Å². The summed E-state index contributed by atoms with van der Waals surface area (Å²) in [4.78, 5) is 23.8. The van der Waals surface area contributed by atoms with Crippen LogP contribution in [0.5, 0.6) is 0 Å². The smallest absolute Gasteiger partial charge is 0.224 e. The average Bonchev–Trinajstić information content (AvgIpc) is 2.30. The predicted molar refractivity (Wildman–Crippen MR) is 87.3 cm³/mol. The third-order valence-electron chi connectivity index (χ3n) is 2.91. The third kappa shape index (κ3) is 6.43. The van der Waals surface area contributed by atoms with Crippen LogP contribution in [0.3, 0.4) is 0 Å². The first kappa shape index (κ1) is 17.2. The van der Waals surface area contributed by atoms with E-state index in [0.717, 1.165) is 5.56 Å². The second-order valence-corrected chi connectivity index (χ2v) is 6.34. The molecule has 0 fully saturated rings. The molecule has 2 amide bonds. The minimum Gasteiger partial charge on any atom is -0.324 e. The maximum atomic E-state index is 11.9. The molecule has 0 heterocycles. The van der Waals surface area contributed by atoms with Crippen LogP contribution in [0.25, 0.3) is 0 Å². The van der Waals surface area contributed by atoms with Crippen molar-refractivity contribution in [1.82, 2.24) is 0 Å². The average molecular weight is 290 g/mol. The van der Waals surface area contributed by atoms with Gasteiger partial charge in [-0.3, -0.25) is 9.59 Å². The molecule has 0 radical (unpaired) electrons. The van der Waals surface area contributed by atoms with E-state index in [1.165, 1.54) is 0 Å². The Morgan fingerprint density at radius 3 is 1.86 bits per heavy atom. The fourth-order valence-electron chi connectivity index (χ4n) is 2.01. The second kappa shape index (κ2) is 7.81. The van der Waals surface area contributed by atoms with E-state index in [4.69, 9.17) is 0 Å². The van der Waals surface area contributed by atoms with Crippen molar-refractivity contribution in [2.75, 3.05) is 10.6 Å². The van der Waals surface area contributed by atoms with Crippen molar-refractivity contribution < 1.29 is 9.59 Å². The molecule has 0 bridgehead atoms. The van der Waals surface area contributed by atoms with Crippen LogP contribution in [-0.4, -0.2) is 11.8 Å². The zero-order valence-electron chi connectivity index (χ0n) is 13.6. The quantitative estimate of drug-likeness (QED) is 0.833. The highest BCUT2D eigenvalue weighted by atomic mass is 16.2. The third-order valence-corrected chi connectivity index (χ3v) is 2.91. The molecule has 4 nitrogen and oxygen atoms in total. The molecule has 2 N–H and O–H groups in total. The number of anilines is 2. The summed E-state index contributed by atoms with van der Waals surface area (Å²) in [5.41, 5.74) is 2.36. The summed E-state index contributed by atoms with van der Waals surface area (Å²) < 4.78 is 0. The summed E-state index contributed by atoms with van der Waals surface area (Å²) in [7, 11) is 0. The van der Waals surface area contributed by atoms with Gasteiger partial charge >= 0.3 is 0 Å². The number of aryl methyl sites for hydroxylation is 1. The van der Waals surface area contributed by atoms with Crippen LogP contribution in [-0.2, 0) is 9.59 Å². The number of nitrogens with one attached hydrogen (secondary N) is 2. The molecule has 4 heteroatoms. The summed E-state index contributed by atoms with van der Waals surface area (Å²) >= 11 is 0. The first-order valence-electron chi connectivity index (χ1n) is 7.48. The molecular weight excluding hydrogens is 264 g/mol. The Kier molecular flexibility index (Phi) is 6.40. The normalized spacial score (nSPS) is 10.8. The topological polar surface area (TPSA) is 58.2 Å². The maximum absolute atomic E-state index is 11.9. The van der Waals surface area contributed by atoms with Crippen molar-refractivity contribution in [3.8, 4) is 0 Å². The highest BCUT2D eigenvalue weighted by Gasteiger charge is 2.12. The van der Waals surface area contributed by atoms with Crippen LogP contribution < -0.4 is 10.6 Å². The van der Waals surface area contributed by atoms with Crippen LogP contribution in [0, 0.1) is 18.8 Å². The molecule has 1 aromatic rings. The molecule has 0 aliphatic heterocycles. The molecule has 0 atom stereocenters. The number of hydrogen-bond donors (Lipinski definition) is 2. The number of carbonyl (C=O) groups excluding carboxylic acids is 2. The molecule has 0 spiro atoms. The van der Waals surface area contributed by atoms with Gasteiger partial charge in [0.1, 0.15) is 0 Å². The Balaban J connectivity index is 2.84. The Morgan fingerprint density at radius 1 is 0.905 bits per heavy atom. The number of hydrogen-bond acceptors (Lipinski definition) is 2. The molecule has 0 saturated carbocycles. The van der Waals surface area contributed by atoms with E-state index < -0.39 is 0 Å². The summed E-state index contributed by atoms with van der Waals surface area (Å²) in [5, 5.41) is 5.76. The van der Waals surface area contributed by atoms with Crippen LogP contribution >= 0.6 is 0 Å². The monoisotopic (exact) mass is 290 g/mol. The summed E-state index contributed by atoms with van der Waals surface area (Å²) in [6.07, 6.45) is 0.931. The molecule has 1 aromatic carbocycles. The minimum absolute atomic E-state index is 0.0324. The Labute approximate surface area is 127 Å². The molecule has 0 aromatic heterocycles. The van der Waals surface area contributed by atoms with Crippen molar-refractivity contribution in [3.63, 3.8) is 0 Å². The molecule has 21 heavy (non-hydrogen) atoms. The molecule has 0 aliphatic carbocycles. The van der Waals surface area contributed by atoms with E-state index in [0.29, 0.717) is 36.1 Å². The Morgan fingerprint density at radius 2 is 1.38 bits per heavy atom. The van der Waals surface area contributed by atoms with E-state index in [2.05, 4.69) is 10.6 Å². The van der Waals surface area contributed by atoms with Crippen molar-refractivity contribution >= 4 is 23.2 Å². The predicted octanol–water partition coefficient (Wildman–Crippen LogP) is 3.96. The summed E-state index contributed by atoms with van der Waals surface area (Å²) in [6.45, 7) is 9.96. The van der Waals surface area contributed by atoms with Gasteiger partial charge in [-0.25, -0.2) is 0 Å². The Hall–Kier alpha value is -1.84. The van der Waals surface area contributed by atoms with E-state index in [-0.39, 0.29) is 11.8 Å². The van der Waals surface area contributed by atoms with Crippen LogP contribution in [0.2, 0.25) is 0 Å². The van der Waals surface area contributed by atoms with Crippen LogP contribution in [0.4, 0.5) is 11.4 Å². The van der Waals surface area contributed by atoms with E-state index in [1.807, 2.05) is 52.8 Å². The van der Waals surface area contributed by atoms with Gasteiger partial charge < -0.3 is 10.6 Å². The van der Waals surface area contributed by atoms with Crippen LogP contribution in [0.1, 0.15) is 46.1 Å². The van der Waals surface area contributed by atoms with Gasteiger partial charge in [0.15, 0.2) is 0 Å². The van der Waals surface area contributed by atoms with E-state index >= 15 is 0 Å². The van der Waals surface area contributed by atoms with Gasteiger partial charge in [-0.1, -0.05) is 33.8 Å². The lowest BCUT2D eigenvalue weighted by Gasteiger charge is -2.14. The van der Waals surface area contributed by atoms with Gasteiger partial charge in [-0.15, -0.1) is 0 Å². The van der Waals surface area contributed by atoms with Crippen molar-refractivity contribution in [1.29, 1.82) is 0 Å². The van der Waals surface area contributed by atoms with E-state index in [1.54, 1.807) is 0 Å². The van der Waals surface area contributed by atoms with Crippen molar-refractivity contribution in [2.24, 2.45) is 11.8 Å². The number of carbonyl (C=O) groups is 2. The van der Waals surface area contributed by atoms with Gasteiger partial charge in [-0.05, 0) is 36.5 Å². The lowest BCUT2D eigenvalue weighted by atomic mass is 10.1. The molecule has 0 saturated heterocycles. The molecular formula is C17H26N2O2. The lowest BCUT2D eigenvalue weighted by Crippen LogP contribution is -2.18. The first-order valence-corrected chi connectivity index (χ1v) is 7.48. The maximum Gasteiger partial charge on any atom is 0.224 e. The highest BCUT2D eigenvalue weighted by Crippen LogP contribution is 2.24. The first-order chi connectivity index (χ1) is 9.77. The number of rotatable bonds is 6. The largest absolute Gasteiger partial charge is 0.324 e. The fraction of sp³-hybridized carbons (Fsp3) is 0.529. The molecule has 0 unspecified atom stereocenters. The molecule has 0 aliphatic rings. The van der Waals surface area contributed by atoms with Gasteiger partial charge in [-0.2, -0.15) is 0 Å². The molecule has 116 valence electrons. The van der Waals surface area contributed by atoms with Crippen LogP contribution in [0.15, 0.2) is 18.2 Å². The fourth-order valence-corrected chi connectivity index (χ4v) is 2.01. The van der Waals surface area contributed by atoms with Gasteiger partial charge in [0, 0.05) is 12.8 Å². The zero-order valence-corrected chi connectivity index (χ0v) is 13.6. The van der Waals surface area contributed by atoms with Gasteiger partial charge in [0.2, 0.25) is 11.8 Å². The standard InChI is InChI=1S/C17H26N2O2/c1-11(2)8-16(20)18-14-7-6-13(5)10-15(14)19-17(21)9-12(3)4/h6-7,10-12H,8-9H2,1-5H3,(H,18,20)(H,19,21). The van der Waals surface area contributed by atoms with Gasteiger partial charge in [0.25, 0.3) is 0 Å². The summed E-state index contributed by atoms with van der Waals surface area (Å²) in [5.74, 6) is 0.534. The van der Waals surface area contributed by atoms with E-state index in [9.17, 15) is 9.59 Å². The zero-order chi connectivity index (χ0) is 16.0. The highest BCUT2D eigenvalue weighted by molar-refractivity contribution is 5.99. The van der Waals surface area contributed by atoms with Gasteiger partial charge in [0.05, 0.1) is 11.4 Å². The number of amides is 2. The second-order valence-electron chi connectivity index (χ2n) is 6.34. The lowest BCUT2D eigenvalue weighted by molar-refractivity contribution is -0.117. The van der Waals surface area contributed by atoms with Crippen molar-refractivity contribution in [2.45, 2.75) is 47.5 Å². The minimum atomic E-state index is -0.0341. The number of benzene rings is 1. The Bertz CT molecular complexity index is 508. The summed E-state index contributed by atoms with van der Waals surface area (Å²) in [6, 6.07) is 5.63.